The van der Waals surface area contributed by atoms with Crippen molar-refractivity contribution in [2.75, 3.05) is 0 Å². The van der Waals surface area contributed by atoms with E-state index in [9.17, 15) is 0 Å². The van der Waals surface area contributed by atoms with E-state index >= 15 is 0 Å². The normalized spacial score (nSPS) is 11.5. The molecule has 0 N–H and O–H groups in total. The van der Waals surface area contributed by atoms with Gasteiger partial charge in [0.25, 0.3) is 0 Å². The van der Waals surface area contributed by atoms with Gasteiger partial charge >= 0.3 is 0 Å². The van der Waals surface area contributed by atoms with Gasteiger partial charge in [0.1, 0.15) is 0 Å². The van der Waals surface area contributed by atoms with E-state index in [1.807, 2.05) is 36.4 Å². The zero-order chi connectivity index (χ0) is 33.7. The molecule has 7 aromatic carbocycles. The first kappa shape index (κ1) is 29.0. The highest BCUT2D eigenvalue weighted by Crippen LogP contribution is 2.43. The number of benzene rings is 7. The molecular weight excluding hydrogens is 621 g/mol. The van der Waals surface area contributed by atoms with Crippen LogP contribution in [0.2, 0.25) is 0 Å². The molecule has 0 saturated heterocycles. The monoisotopic (exact) mass is 650 g/mol. The lowest BCUT2D eigenvalue weighted by Gasteiger charge is -2.13. The van der Waals surface area contributed by atoms with Gasteiger partial charge in [0, 0.05) is 49.5 Å². The second kappa shape index (κ2) is 11.9. The molecule has 51 heavy (non-hydrogen) atoms. The summed E-state index contributed by atoms with van der Waals surface area (Å²) in [6, 6.07) is 63.6. The fraction of sp³-hybridized carbons (Fsp3) is 0. The molecule has 238 valence electrons. The van der Waals surface area contributed by atoms with Crippen molar-refractivity contribution in [1.82, 2.24) is 19.5 Å². The van der Waals surface area contributed by atoms with E-state index in [1.54, 1.807) is 0 Å². The third-order valence-electron chi connectivity index (χ3n) is 9.80. The minimum absolute atomic E-state index is 0.704. The van der Waals surface area contributed by atoms with Crippen LogP contribution in [0.1, 0.15) is 0 Å². The molecule has 3 aromatic heterocycles. The number of hydrogen-bond donors (Lipinski definition) is 0. The van der Waals surface area contributed by atoms with E-state index in [4.69, 9.17) is 15.0 Å². The summed E-state index contributed by atoms with van der Waals surface area (Å²) >= 11 is 0. The number of aromatic nitrogens is 4. The molecule has 0 amide bonds. The van der Waals surface area contributed by atoms with Gasteiger partial charge in [-0.2, -0.15) is 0 Å². The fourth-order valence-electron chi connectivity index (χ4n) is 7.44. The third kappa shape index (κ3) is 4.88. The Balaban J connectivity index is 1.20. The Kier molecular flexibility index (Phi) is 6.78. The van der Waals surface area contributed by atoms with Gasteiger partial charge in [0.2, 0.25) is 0 Å². The van der Waals surface area contributed by atoms with Crippen LogP contribution < -0.4 is 0 Å². The predicted molar refractivity (Wildman–Crippen MR) is 211 cm³/mol. The Bertz CT molecular complexity index is 2820. The number of hydrogen-bond acceptors (Lipinski definition) is 3. The van der Waals surface area contributed by atoms with Crippen LogP contribution in [-0.4, -0.2) is 19.5 Å². The van der Waals surface area contributed by atoms with Gasteiger partial charge < -0.3 is 4.57 Å². The van der Waals surface area contributed by atoms with E-state index in [2.05, 4.69) is 150 Å². The topological polar surface area (TPSA) is 43.6 Å². The molecule has 0 aliphatic heterocycles. The predicted octanol–water partition coefficient (Wildman–Crippen LogP) is 11.9. The molecule has 0 saturated carbocycles. The van der Waals surface area contributed by atoms with Gasteiger partial charge in [-0.15, -0.1) is 0 Å². The highest BCUT2D eigenvalue weighted by atomic mass is 15.0. The van der Waals surface area contributed by atoms with Crippen molar-refractivity contribution in [3.05, 3.63) is 182 Å². The summed E-state index contributed by atoms with van der Waals surface area (Å²) in [4.78, 5) is 15.4. The molecule has 0 atom stereocenters. The van der Waals surface area contributed by atoms with Crippen molar-refractivity contribution in [3.63, 3.8) is 0 Å². The number of nitrogens with zero attached hydrogens (tertiary/aromatic N) is 4. The molecule has 10 rings (SSSR count). The van der Waals surface area contributed by atoms with Crippen molar-refractivity contribution < 1.29 is 0 Å². The van der Waals surface area contributed by atoms with Crippen molar-refractivity contribution in [1.29, 1.82) is 0 Å². The third-order valence-corrected chi connectivity index (χ3v) is 9.80. The van der Waals surface area contributed by atoms with Crippen LogP contribution in [0.5, 0.6) is 0 Å². The Hall–Kier alpha value is -6.91. The van der Waals surface area contributed by atoms with Gasteiger partial charge in [0.15, 0.2) is 5.82 Å². The van der Waals surface area contributed by atoms with Gasteiger partial charge in [0.05, 0.1) is 33.6 Å². The number of para-hydroxylation sites is 3. The number of rotatable bonds is 5. The molecule has 4 nitrogen and oxygen atoms in total. The molecule has 0 aliphatic carbocycles. The first-order valence-electron chi connectivity index (χ1n) is 17.2. The Morgan fingerprint density at radius 1 is 0.353 bits per heavy atom. The Morgan fingerprint density at radius 3 is 1.65 bits per heavy atom. The van der Waals surface area contributed by atoms with Crippen molar-refractivity contribution in [2.24, 2.45) is 0 Å². The molecule has 10 aromatic rings. The largest absolute Gasteiger partial charge is 0.309 e. The zero-order valence-electron chi connectivity index (χ0n) is 27.6. The molecule has 0 unspecified atom stereocenters. The highest BCUT2D eigenvalue weighted by Gasteiger charge is 2.20. The van der Waals surface area contributed by atoms with Crippen LogP contribution in [-0.2, 0) is 0 Å². The van der Waals surface area contributed by atoms with Gasteiger partial charge in [-0.3, -0.25) is 0 Å². The maximum Gasteiger partial charge on any atom is 0.160 e. The van der Waals surface area contributed by atoms with Crippen LogP contribution in [0.15, 0.2) is 182 Å². The zero-order valence-corrected chi connectivity index (χ0v) is 27.6. The van der Waals surface area contributed by atoms with E-state index in [0.29, 0.717) is 5.82 Å². The van der Waals surface area contributed by atoms with Crippen LogP contribution in [0.3, 0.4) is 0 Å². The maximum atomic E-state index is 5.39. The van der Waals surface area contributed by atoms with Crippen molar-refractivity contribution in [3.8, 4) is 50.8 Å². The van der Waals surface area contributed by atoms with Gasteiger partial charge in [-0.05, 0) is 41.8 Å². The lowest BCUT2D eigenvalue weighted by molar-refractivity contribution is 1.18. The number of fused-ring (bicyclic) bond motifs is 7. The standard InChI is InChI=1S/C47H30N4/c1-4-14-31(15-5-1)40-30-41(50-47(49-40)34-16-6-2-7-17-34)32-24-26-33(27-25-32)46-45-37(36-20-10-12-22-39(36)48-46)28-29-43-44(45)38-21-11-13-23-42(38)51(43)35-18-8-3-9-19-35/h1-30H. The summed E-state index contributed by atoms with van der Waals surface area (Å²) in [6.45, 7) is 0. The highest BCUT2D eigenvalue weighted by molar-refractivity contribution is 6.28. The minimum Gasteiger partial charge on any atom is -0.309 e. The SMILES string of the molecule is c1ccc(-c2cc(-c3ccc(-c4nc5ccccc5c5ccc6c(c7ccccc7n6-c6ccccc6)c45)cc3)nc(-c3ccccc3)n2)cc1. The molecule has 4 heteroatoms. The van der Waals surface area contributed by atoms with Gasteiger partial charge in [-0.25, -0.2) is 15.0 Å². The summed E-state index contributed by atoms with van der Waals surface area (Å²) in [5.41, 5.74) is 11.3. The van der Waals surface area contributed by atoms with E-state index in [-0.39, 0.29) is 0 Å². The number of pyridine rings is 1. The summed E-state index contributed by atoms with van der Waals surface area (Å²) in [6.07, 6.45) is 0. The minimum atomic E-state index is 0.704. The van der Waals surface area contributed by atoms with Crippen LogP contribution in [0.4, 0.5) is 0 Å². The summed E-state index contributed by atoms with van der Waals surface area (Å²) in [5.74, 6) is 0.704. The molecule has 0 fully saturated rings. The lowest BCUT2D eigenvalue weighted by Crippen LogP contribution is -1.96. The van der Waals surface area contributed by atoms with Crippen LogP contribution >= 0.6 is 0 Å². The first-order valence-corrected chi connectivity index (χ1v) is 17.2. The first-order chi connectivity index (χ1) is 25.3. The average Bonchev–Trinajstić information content (AvgIpc) is 3.56. The Labute approximate surface area is 295 Å². The molecule has 0 radical (unpaired) electrons. The lowest BCUT2D eigenvalue weighted by atomic mass is 9.95. The second-order valence-corrected chi connectivity index (χ2v) is 12.8. The molecule has 0 spiro atoms. The quantitative estimate of drug-likeness (QED) is 0.174. The van der Waals surface area contributed by atoms with E-state index < -0.39 is 0 Å². The maximum absolute atomic E-state index is 5.39. The van der Waals surface area contributed by atoms with E-state index in [1.165, 1.54) is 21.7 Å². The summed E-state index contributed by atoms with van der Waals surface area (Å²) in [7, 11) is 0. The summed E-state index contributed by atoms with van der Waals surface area (Å²) in [5, 5.41) is 5.91. The average molecular weight is 651 g/mol. The smallest absolute Gasteiger partial charge is 0.160 e. The Morgan fingerprint density at radius 2 is 0.922 bits per heavy atom. The molecule has 3 heterocycles. The van der Waals surface area contributed by atoms with Crippen LogP contribution in [0, 0.1) is 0 Å². The van der Waals surface area contributed by atoms with Crippen LogP contribution in [0.25, 0.3) is 94.3 Å². The molecule has 0 bridgehead atoms. The summed E-state index contributed by atoms with van der Waals surface area (Å²) < 4.78 is 2.37. The van der Waals surface area contributed by atoms with E-state index in [0.717, 1.165) is 66.8 Å². The van der Waals surface area contributed by atoms with Crippen molar-refractivity contribution >= 4 is 43.5 Å². The van der Waals surface area contributed by atoms with Gasteiger partial charge in [-0.1, -0.05) is 146 Å². The fourth-order valence-corrected chi connectivity index (χ4v) is 7.44. The second-order valence-electron chi connectivity index (χ2n) is 12.8. The molecule has 0 aliphatic rings. The van der Waals surface area contributed by atoms with Crippen molar-refractivity contribution in [2.45, 2.75) is 0 Å². The molecular formula is C47H30N4.